The molecule has 6 nitrogen and oxygen atoms in total. The number of phenols is 1. The monoisotopic (exact) mass is 462 g/mol. The molecule has 4 aromatic rings. The number of aliphatic hydroxyl groups is 1. The average Bonchev–Trinajstić information content (AvgIpc) is 3.38. The van der Waals surface area contributed by atoms with E-state index in [2.05, 4.69) is 15.0 Å². The summed E-state index contributed by atoms with van der Waals surface area (Å²) in [5.41, 5.74) is 0.881. The topological polar surface area (TPSA) is 82.4 Å². The van der Waals surface area contributed by atoms with Gasteiger partial charge < -0.3 is 15.1 Å². The molecule has 34 heavy (non-hydrogen) atoms. The van der Waals surface area contributed by atoms with Crippen LogP contribution < -0.4 is 4.90 Å². The molecule has 2 aromatic carbocycles. The summed E-state index contributed by atoms with van der Waals surface area (Å²) in [6, 6.07) is 5.84. The summed E-state index contributed by atoms with van der Waals surface area (Å²) in [7, 11) is 0. The molecule has 8 heteroatoms. The molecule has 2 aromatic heterocycles. The first-order chi connectivity index (χ1) is 16.4. The van der Waals surface area contributed by atoms with Gasteiger partial charge in [0.15, 0.2) is 5.82 Å². The van der Waals surface area contributed by atoms with Crippen LogP contribution in [0.1, 0.15) is 31.2 Å². The smallest absolute Gasteiger partial charge is 0.175 e. The highest BCUT2D eigenvalue weighted by Gasteiger charge is 2.45. The first-order valence-electron chi connectivity index (χ1n) is 11.6. The number of benzene rings is 2. The van der Waals surface area contributed by atoms with Gasteiger partial charge >= 0.3 is 0 Å². The Morgan fingerprint density at radius 2 is 1.97 bits per heavy atom. The van der Waals surface area contributed by atoms with Gasteiger partial charge in [-0.1, -0.05) is 13.0 Å². The van der Waals surface area contributed by atoms with Crippen molar-refractivity contribution in [2.24, 2.45) is 5.92 Å². The largest absolute Gasteiger partial charge is 0.508 e. The molecule has 3 heterocycles. The molecule has 6 rings (SSSR count). The number of anilines is 1. The summed E-state index contributed by atoms with van der Waals surface area (Å²) in [6.07, 6.45) is 3.19. The normalized spacial score (nSPS) is 21.8. The maximum absolute atomic E-state index is 16.1. The average molecular weight is 463 g/mol. The summed E-state index contributed by atoms with van der Waals surface area (Å²) in [5, 5.41) is 22.3. The number of hydrogen-bond donors (Lipinski definition) is 2. The Morgan fingerprint density at radius 1 is 1.15 bits per heavy atom. The molecule has 1 saturated heterocycles. The number of aromatic nitrogens is 3. The Kier molecular flexibility index (Phi) is 4.71. The third kappa shape index (κ3) is 3.05. The van der Waals surface area contributed by atoms with Crippen LogP contribution in [0.15, 0.2) is 30.5 Å². The molecule has 2 bridgehead atoms. The maximum atomic E-state index is 16.1. The number of aryl methyl sites for hydroxylation is 2. The van der Waals surface area contributed by atoms with Crippen LogP contribution in [0, 0.1) is 24.5 Å². The molecule has 1 aliphatic carbocycles. The van der Waals surface area contributed by atoms with Crippen LogP contribution in [0.4, 0.5) is 14.6 Å². The van der Waals surface area contributed by atoms with Gasteiger partial charge in [0.2, 0.25) is 0 Å². The van der Waals surface area contributed by atoms with Crippen molar-refractivity contribution in [2.45, 2.75) is 45.3 Å². The van der Waals surface area contributed by atoms with E-state index in [4.69, 9.17) is 0 Å². The van der Waals surface area contributed by atoms with E-state index in [-0.39, 0.29) is 28.8 Å². The van der Waals surface area contributed by atoms with E-state index in [1.807, 2.05) is 11.8 Å². The quantitative estimate of drug-likeness (QED) is 0.461. The molecule has 2 fully saturated rings. The van der Waals surface area contributed by atoms with E-state index in [0.29, 0.717) is 51.3 Å². The summed E-state index contributed by atoms with van der Waals surface area (Å²) in [6.45, 7) is 4.30. The van der Waals surface area contributed by atoms with E-state index in [0.717, 1.165) is 19.4 Å². The van der Waals surface area contributed by atoms with Gasteiger partial charge in [-0.05, 0) is 66.6 Å². The van der Waals surface area contributed by atoms with Crippen molar-refractivity contribution in [3.05, 3.63) is 53.5 Å². The number of piperidine rings is 1. The third-order valence-corrected chi connectivity index (χ3v) is 7.26. The first-order valence-corrected chi connectivity index (χ1v) is 11.6. The molecule has 3 atom stereocenters. The Bertz CT molecular complexity index is 1480. The van der Waals surface area contributed by atoms with Gasteiger partial charge in [-0.25, -0.2) is 18.7 Å². The second kappa shape index (κ2) is 7.56. The van der Waals surface area contributed by atoms with Gasteiger partial charge in [0.1, 0.15) is 34.4 Å². The molecule has 2 aliphatic rings. The lowest BCUT2D eigenvalue weighted by molar-refractivity contribution is 0.146. The van der Waals surface area contributed by atoms with Gasteiger partial charge in [-0.2, -0.15) is 0 Å². The summed E-state index contributed by atoms with van der Waals surface area (Å²) in [4.78, 5) is 15.5. The predicted octanol–water partition coefficient (Wildman–Crippen LogP) is 4.66. The van der Waals surface area contributed by atoms with E-state index >= 15 is 4.39 Å². The fraction of sp³-hybridized carbons (Fsp3) is 0.346. The number of fused-ring (bicyclic) bond motifs is 4. The Morgan fingerprint density at radius 3 is 2.71 bits per heavy atom. The van der Waals surface area contributed by atoms with Crippen LogP contribution in [-0.2, 0) is 6.42 Å². The molecule has 1 saturated carbocycles. The maximum Gasteiger partial charge on any atom is 0.175 e. The molecule has 0 radical (unpaired) electrons. The van der Waals surface area contributed by atoms with Gasteiger partial charge in [0.05, 0.1) is 17.5 Å². The minimum Gasteiger partial charge on any atom is -0.508 e. The minimum atomic E-state index is -0.646. The van der Waals surface area contributed by atoms with E-state index in [9.17, 15) is 14.6 Å². The van der Waals surface area contributed by atoms with Crippen LogP contribution in [0.5, 0.6) is 5.75 Å². The lowest BCUT2D eigenvalue weighted by atomic mass is 9.94. The Labute approximate surface area is 194 Å². The van der Waals surface area contributed by atoms with Gasteiger partial charge in [-0.3, -0.25) is 4.98 Å². The van der Waals surface area contributed by atoms with Gasteiger partial charge in [0.25, 0.3) is 0 Å². The Balaban J connectivity index is 1.59. The van der Waals surface area contributed by atoms with Crippen LogP contribution in [-0.4, -0.2) is 43.9 Å². The van der Waals surface area contributed by atoms with Crippen LogP contribution in [0.2, 0.25) is 0 Å². The third-order valence-electron chi connectivity index (χ3n) is 7.26. The number of nitrogens with zero attached hydrogens (tertiary/aromatic N) is 4. The van der Waals surface area contributed by atoms with Crippen molar-refractivity contribution in [1.29, 1.82) is 0 Å². The molecule has 2 N–H and O–H groups in total. The van der Waals surface area contributed by atoms with E-state index < -0.39 is 11.9 Å². The molecular formula is C26H24F2N4O2. The van der Waals surface area contributed by atoms with Crippen molar-refractivity contribution >= 4 is 27.5 Å². The number of hydrogen-bond acceptors (Lipinski definition) is 6. The standard InChI is InChI=1S/C26H24F2N4O2/c1-3-16-19(27)5-4-14-8-15(33)9-17(22(14)16)24-23(28)25-18(10-29-24)26(31-12(2)30-25)32-11-13-6-20(32)21(34)7-13/h4-5,8-10,13,20-21,33-34H,3,6-7,11H2,1-2H3/t13-,20+,21-/m0/s1. The van der Waals surface area contributed by atoms with Crippen molar-refractivity contribution in [1.82, 2.24) is 15.0 Å². The van der Waals surface area contributed by atoms with Gasteiger partial charge in [0, 0.05) is 18.3 Å². The van der Waals surface area contributed by atoms with E-state index in [1.54, 1.807) is 19.2 Å². The number of halogens is 2. The predicted molar refractivity (Wildman–Crippen MR) is 126 cm³/mol. The summed E-state index contributed by atoms with van der Waals surface area (Å²) >= 11 is 0. The highest BCUT2D eigenvalue weighted by Crippen LogP contribution is 2.43. The molecular weight excluding hydrogens is 438 g/mol. The molecule has 1 aliphatic heterocycles. The lowest BCUT2D eigenvalue weighted by Gasteiger charge is -2.32. The van der Waals surface area contributed by atoms with Crippen molar-refractivity contribution < 1.29 is 19.0 Å². The number of aromatic hydroxyl groups is 1. The zero-order chi connectivity index (χ0) is 23.7. The minimum absolute atomic E-state index is 0.000673. The number of rotatable bonds is 3. The SMILES string of the molecule is CCc1c(F)ccc2cc(O)cc(-c3ncc4c(N5C[C@H]6C[C@@H]5[C@@H](O)C6)nc(C)nc4c3F)c12. The van der Waals surface area contributed by atoms with Gasteiger partial charge in [-0.15, -0.1) is 0 Å². The van der Waals surface area contributed by atoms with Crippen molar-refractivity contribution in [3.63, 3.8) is 0 Å². The second-order valence-corrected chi connectivity index (χ2v) is 9.37. The molecule has 0 unspecified atom stereocenters. The fourth-order valence-electron chi connectivity index (χ4n) is 5.82. The molecule has 174 valence electrons. The van der Waals surface area contributed by atoms with Crippen molar-refractivity contribution in [3.8, 4) is 17.0 Å². The van der Waals surface area contributed by atoms with Crippen LogP contribution >= 0.6 is 0 Å². The fourth-order valence-corrected chi connectivity index (χ4v) is 5.82. The molecule has 0 amide bonds. The number of pyridine rings is 1. The number of phenolic OH excluding ortho intramolecular Hbond substituents is 1. The first kappa shape index (κ1) is 21.2. The zero-order valence-electron chi connectivity index (χ0n) is 18.9. The Hall–Kier alpha value is -3.39. The lowest BCUT2D eigenvalue weighted by Crippen LogP contribution is -2.41. The number of aliphatic hydroxyl groups excluding tert-OH is 1. The highest BCUT2D eigenvalue weighted by molar-refractivity contribution is 6.01. The molecule has 0 spiro atoms. The van der Waals surface area contributed by atoms with Crippen LogP contribution in [0.3, 0.4) is 0 Å². The van der Waals surface area contributed by atoms with Crippen LogP contribution in [0.25, 0.3) is 32.9 Å². The second-order valence-electron chi connectivity index (χ2n) is 9.37. The van der Waals surface area contributed by atoms with Crippen molar-refractivity contribution in [2.75, 3.05) is 11.4 Å². The summed E-state index contributed by atoms with van der Waals surface area (Å²) in [5.74, 6) is 0.297. The van der Waals surface area contributed by atoms with E-state index in [1.165, 1.54) is 18.2 Å². The highest BCUT2D eigenvalue weighted by atomic mass is 19.1. The zero-order valence-corrected chi connectivity index (χ0v) is 18.9. The summed E-state index contributed by atoms with van der Waals surface area (Å²) < 4.78 is 30.7.